The molecule has 4 heteroatoms. The maximum atomic E-state index is 13.7. The van der Waals surface area contributed by atoms with Crippen LogP contribution in [0.1, 0.15) is 33.9 Å². The molecule has 0 bridgehead atoms. The zero-order valence-corrected chi connectivity index (χ0v) is 17.8. The molecule has 1 saturated heterocycles. The highest BCUT2D eigenvalue weighted by atomic mass is 16.2. The van der Waals surface area contributed by atoms with Gasteiger partial charge in [-0.15, -0.1) is 0 Å². The first-order chi connectivity index (χ1) is 14.4. The fraction of sp³-hybridized carbons (Fsp3) is 0.231. The molecule has 1 aliphatic rings. The molecule has 4 rings (SSSR count). The van der Waals surface area contributed by atoms with E-state index in [2.05, 4.69) is 0 Å². The molecular weight excluding hydrogens is 372 g/mol. The van der Waals surface area contributed by atoms with Gasteiger partial charge in [0.15, 0.2) is 0 Å². The lowest BCUT2D eigenvalue weighted by molar-refractivity contribution is -0.128. The van der Waals surface area contributed by atoms with Crippen LogP contribution in [0.3, 0.4) is 0 Å². The predicted molar refractivity (Wildman–Crippen MR) is 121 cm³/mol. The molecule has 0 aliphatic carbocycles. The fourth-order valence-corrected chi connectivity index (χ4v) is 3.90. The summed E-state index contributed by atoms with van der Waals surface area (Å²) in [6.45, 7) is 8.14. The van der Waals surface area contributed by atoms with Crippen molar-refractivity contribution in [2.75, 3.05) is 16.3 Å². The Morgan fingerprint density at radius 3 is 1.87 bits per heavy atom. The van der Waals surface area contributed by atoms with Crippen LogP contribution >= 0.6 is 0 Å². The van der Waals surface area contributed by atoms with Gasteiger partial charge in [-0.2, -0.15) is 0 Å². The molecule has 2 amide bonds. The Morgan fingerprint density at radius 1 is 0.700 bits per heavy atom. The van der Waals surface area contributed by atoms with Crippen molar-refractivity contribution >= 4 is 23.2 Å². The monoisotopic (exact) mass is 398 g/mol. The van der Waals surface area contributed by atoms with E-state index >= 15 is 0 Å². The molecule has 0 unspecified atom stereocenters. The molecule has 1 heterocycles. The van der Waals surface area contributed by atoms with E-state index in [9.17, 15) is 9.59 Å². The first-order valence-electron chi connectivity index (χ1n) is 10.2. The number of hydrogen-bond donors (Lipinski definition) is 0. The summed E-state index contributed by atoms with van der Waals surface area (Å²) in [6.07, 6.45) is 0. The van der Waals surface area contributed by atoms with E-state index in [0.29, 0.717) is 0 Å². The highest BCUT2D eigenvalue weighted by Gasteiger charge is 2.41. The van der Waals surface area contributed by atoms with Crippen LogP contribution in [-0.2, 0) is 9.59 Å². The third kappa shape index (κ3) is 3.50. The van der Waals surface area contributed by atoms with E-state index < -0.39 is 6.04 Å². The van der Waals surface area contributed by atoms with Gasteiger partial charge in [-0.05, 0) is 79.8 Å². The minimum Gasteiger partial charge on any atom is -0.301 e. The van der Waals surface area contributed by atoms with E-state index in [0.717, 1.165) is 39.2 Å². The highest BCUT2D eigenvalue weighted by molar-refractivity contribution is 6.14. The molecule has 0 spiro atoms. The molecule has 4 nitrogen and oxygen atoms in total. The molecular formula is C26H26N2O2. The predicted octanol–water partition coefficient (Wildman–Crippen LogP) is 5.04. The molecule has 1 atom stereocenters. The molecule has 3 aromatic carbocycles. The summed E-state index contributed by atoms with van der Waals surface area (Å²) in [5, 5.41) is 0. The number of benzene rings is 3. The van der Waals surface area contributed by atoms with Crippen LogP contribution < -0.4 is 9.80 Å². The second-order valence-electron chi connectivity index (χ2n) is 8.04. The summed E-state index contributed by atoms with van der Waals surface area (Å²) >= 11 is 0. The van der Waals surface area contributed by atoms with Crippen molar-refractivity contribution in [2.24, 2.45) is 0 Å². The van der Waals surface area contributed by atoms with Crippen LogP contribution in [0.5, 0.6) is 0 Å². The lowest BCUT2D eigenvalue weighted by atomic mass is 9.98. The van der Waals surface area contributed by atoms with Gasteiger partial charge in [0.1, 0.15) is 12.6 Å². The maximum Gasteiger partial charge on any atom is 0.255 e. The van der Waals surface area contributed by atoms with Crippen molar-refractivity contribution in [1.29, 1.82) is 0 Å². The minimum atomic E-state index is -0.698. The number of aryl methyl sites for hydroxylation is 4. The van der Waals surface area contributed by atoms with E-state index in [1.165, 1.54) is 0 Å². The SMILES string of the molecule is Cc1ccc(N2CC(=O)N(c3ccc(C)c(C)c3)[C@H](c3ccccc3)C2=O)cc1C. The van der Waals surface area contributed by atoms with E-state index in [-0.39, 0.29) is 18.4 Å². The summed E-state index contributed by atoms with van der Waals surface area (Å²) in [6, 6.07) is 20.7. The van der Waals surface area contributed by atoms with Crippen LogP contribution in [0.4, 0.5) is 11.4 Å². The maximum absolute atomic E-state index is 13.7. The Labute approximate surface area is 177 Å². The van der Waals surface area contributed by atoms with Crippen LogP contribution in [0.2, 0.25) is 0 Å². The summed E-state index contributed by atoms with van der Waals surface area (Å²) < 4.78 is 0. The zero-order chi connectivity index (χ0) is 21.4. The van der Waals surface area contributed by atoms with E-state index in [1.807, 2.05) is 94.4 Å². The summed E-state index contributed by atoms with van der Waals surface area (Å²) in [5.74, 6) is -0.188. The third-order valence-corrected chi connectivity index (χ3v) is 6.01. The Kier molecular flexibility index (Phi) is 5.17. The van der Waals surface area contributed by atoms with Crippen molar-refractivity contribution in [3.8, 4) is 0 Å². The Bertz CT molecular complexity index is 1120. The number of nitrogens with zero attached hydrogens (tertiary/aromatic N) is 2. The van der Waals surface area contributed by atoms with Gasteiger partial charge in [-0.3, -0.25) is 14.5 Å². The molecule has 3 aromatic rings. The number of hydrogen-bond acceptors (Lipinski definition) is 2. The minimum absolute atomic E-state index is 0.0254. The number of carbonyl (C=O) groups excluding carboxylic acids is 2. The Balaban J connectivity index is 1.82. The van der Waals surface area contributed by atoms with Crippen LogP contribution in [-0.4, -0.2) is 18.4 Å². The van der Waals surface area contributed by atoms with Gasteiger partial charge in [0, 0.05) is 11.4 Å². The summed E-state index contributed by atoms with van der Waals surface area (Å²) in [4.78, 5) is 30.4. The molecule has 0 saturated carbocycles. The first kappa shape index (κ1) is 19.9. The lowest BCUT2D eigenvalue weighted by Crippen LogP contribution is -2.56. The molecule has 30 heavy (non-hydrogen) atoms. The van der Waals surface area contributed by atoms with Gasteiger partial charge in [0.25, 0.3) is 5.91 Å². The van der Waals surface area contributed by atoms with Crippen molar-refractivity contribution in [3.05, 3.63) is 94.5 Å². The van der Waals surface area contributed by atoms with Crippen molar-refractivity contribution in [1.82, 2.24) is 0 Å². The fourth-order valence-electron chi connectivity index (χ4n) is 3.90. The van der Waals surface area contributed by atoms with Gasteiger partial charge in [0.05, 0.1) is 0 Å². The number of rotatable bonds is 3. The molecule has 0 N–H and O–H groups in total. The first-order valence-corrected chi connectivity index (χ1v) is 10.2. The number of carbonyl (C=O) groups is 2. The van der Waals surface area contributed by atoms with Gasteiger partial charge >= 0.3 is 0 Å². The van der Waals surface area contributed by atoms with Gasteiger partial charge in [-0.1, -0.05) is 42.5 Å². The van der Waals surface area contributed by atoms with Crippen molar-refractivity contribution in [2.45, 2.75) is 33.7 Å². The molecule has 152 valence electrons. The quantitative estimate of drug-likeness (QED) is 0.620. The normalized spacial score (nSPS) is 16.9. The molecule has 0 radical (unpaired) electrons. The van der Waals surface area contributed by atoms with Crippen LogP contribution in [0, 0.1) is 27.7 Å². The number of amides is 2. The highest BCUT2D eigenvalue weighted by Crippen LogP contribution is 2.35. The van der Waals surface area contributed by atoms with Gasteiger partial charge < -0.3 is 4.90 Å². The topological polar surface area (TPSA) is 40.6 Å². The number of anilines is 2. The standard InChI is InChI=1S/C26H26N2O2/c1-17-10-12-22(14-19(17)3)27-16-24(29)28(23-13-11-18(2)20(4)15-23)25(26(27)30)21-8-6-5-7-9-21/h5-15,25H,16H2,1-4H3/t25-/m1/s1. The number of piperazine rings is 1. The smallest absolute Gasteiger partial charge is 0.255 e. The summed E-state index contributed by atoms with van der Waals surface area (Å²) in [7, 11) is 0. The van der Waals surface area contributed by atoms with Crippen LogP contribution in [0.25, 0.3) is 0 Å². The Morgan fingerprint density at radius 2 is 1.27 bits per heavy atom. The van der Waals surface area contributed by atoms with Crippen molar-refractivity contribution < 1.29 is 9.59 Å². The largest absolute Gasteiger partial charge is 0.301 e. The Hall–Kier alpha value is -3.40. The second-order valence-corrected chi connectivity index (χ2v) is 8.04. The average molecular weight is 399 g/mol. The molecule has 0 aromatic heterocycles. The second kappa shape index (κ2) is 7.79. The third-order valence-electron chi connectivity index (χ3n) is 6.01. The zero-order valence-electron chi connectivity index (χ0n) is 17.8. The van der Waals surface area contributed by atoms with Gasteiger partial charge in [0.2, 0.25) is 5.91 Å². The van der Waals surface area contributed by atoms with E-state index in [4.69, 9.17) is 0 Å². The van der Waals surface area contributed by atoms with Crippen molar-refractivity contribution in [3.63, 3.8) is 0 Å². The van der Waals surface area contributed by atoms with Gasteiger partial charge in [-0.25, -0.2) is 0 Å². The average Bonchev–Trinajstić information content (AvgIpc) is 2.74. The van der Waals surface area contributed by atoms with E-state index in [1.54, 1.807) is 9.80 Å². The van der Waals surface area contributed by atoms with Crippen LogP contribution in [0.15, 0.2) is 66.7 Å². The summed E-state index contributed by atoms with van der Waals surface area (Å²) in [5.41, 5.74) is 6.83. The molecule has 1 aliphatic heterocycles. The molecule has 1 fully saturated rings. The lowest BCUT2D eigenvalue weighted by Gasteiger charge is -2.40.